The van der Waals surface area contributed by atoms with Crippen LogP contribution >= 0.6 is 0 Å². The van der Waals surface area contributed by atoms with Crippen LogP contribution in [0, 0.1) is 0 Å². The number of likely N-dealkylation sites (N-methyl/N-ethyl adjacent to an activating group) is 1. The molecule has 2 amide bonds. The zero-order chi connectivity index (χ0) is 16.9. The normalized spacial score (nSPS) is 23.4. The average molecular weight is 333 g/mol. The molecule has 1 aromatic rings. The van der Waals surface area contributed by atoms with E-state index in [1.807, 2.05) is 19.2 Å². The summed E-state index contributed by atoms with van der Waals surface area (Å²) >= 11 is 0. The third-order valence-corrected chi connectivity index (χ3v) is 4.31. The Hall–Kier alpha value is -2.12. The molecule has 2 aliphatic rings. The molecule has 0 unspecified atom stereocenters. The molecule has 0 bridgehead atoms. The molecular formula is C17H23N3O4. The van der Waals surface area contributed by atoms with Crippen molar-refractivity contribution in [3.8, 4) is 5.75 Å². The summed E-state index contributed by atoms with van der Waals surface area (Å²) in [5.41, 5.74) is 0.596. The molecule has 130 valence electrons. The van der Waals surface area contributed by atoms with Crippen molar-refractivity contribution < 1.29 is 19.1 Å². The molecule has 2 N–H and O–H groups in total. The number of benzene rings is 1. The van der Waals surface area contributed by atoms with Gasteiger partial charge in [-0.3, -0.25) is 9.59 Å². The topological polar surface area (TPSA) is 79.9 Å². The van der Waals surface area contributed by atoms with Crippen LogP contribution in [0.3, 0.4) is 0 Å². The number of carbonyl (C=O) groups is 2. The molecule has 3 rings (SSSR count). The minimum atomic E-state index is -0.126. The van der Waals surface area contributed by atoms with Crippen LogP contribution in [-0.2, 0) is 9.53 Å². The van der Waals surface area contributed by atoms with Crippen LogP contribution in [0.15, 0.2) is 24.3 Å². The minimum Gasteiger partial charge on any atom is -0.492 e. The lowest BCUT2D eigenvalue weighted by atomic mass is 9.99. The fraction of sp³-hybridized carbons (Fsp3) is 0.529. The Morgan fingerprint density at radius 2 is 2.38 bits per heavy atom. The maximum Gasteiger partial charge on any atom is 0.254 e. The minimum absolute atomic E-state index is 0.00274. The molecule has 0 spiro atoms. The lowest BCUT2D eigenvalue weighted by Gasteiger charge is -2.41. The van der Waals surface area contributed by atoms with Crippen LogP contribution in [0.4, 0.5) is 0 Å². The van der Waals surface area contributed by atoms with E-state index in [0.717, 1.165) is 13.0 Å². The van der Waals surface area contributed by atoms with E-state index in [-0.39, 0.29) is 30.6 Å². The summed E-state index contributed by atoms with van der Waals surface area (Å²) in [6.45, 7) is 2.50. The fourth-order valence-corrected chi connectivity index (χ4v) is 3.06. The van der Waals surface area contributed by atoms with Gasteiger partial charge in [0.15, 0.2) is 0 Å². The van der Waals surface area contributed by atoms with Gasteiger partial charge < -0.3 is 25.0 Å². The van der Waals surface area contributed by atoms with Gasteiger partial charge in [0, 0.05) is 25.2 Å². The molecular weight excluding hydrogens is 310 g/mol. The number of ether oxygens (including phenoxy) is 2. The first-order chi connectivity index (χ1) is 11.7. The highest BCUT2D eigenvalue weighted by molar-refractivity contribution is 5.94. The van der Waals surface area contributed by atoms with Gasteiger partial charge in [-0.05, 0) is 31.7 Å². The van der Waals surface area contributed by atoms with Gasteiger partial charge in [-0.25, -0.2) is 0 Å². The molecule has 7 nitrogen and oxygen atoms in total. The number of nitrogens with one attached hydrogen (secondary N) is 2. The van der Waals surface area contributed by atoms with Gasteiger partial charge in [-0.2, -0.15) is 0 Å². The monoisotopic (exact) mass is 333 g/mol. The first-order valence-corrected chi connectivity index (χ1v) is 8.25. The van der Waals surface area contributed by atoms with Crippen molar-refractivity contribution in [1.82, 2.24) is 15.5 Å². The summed E-state index contributed by atoms with van der Waals surface area (Å²) in [5, 5.41) is 5.92. The van der Waals surface area contributed by atoms with E-state index in [9.17, 15) is 9.59 Å². The second-order valence-electron chi connectivity index (χ2n) is 6.04. The van der Waals surface area contributed by atoms with Gasteiger partial charge in [0.25, 0.3) is 5.91 Å². The molecule has 0 aliphatic carbocycles. The first kappa shape index (κ1) is 16.7. The largest absolute Gasteiger partial charge is 0.492 e. The summed E-state index contributed by atoms with van der Waals surface area (Å²) in [7, 11) is 1.86. The Labute approximate surface area is 141 Å². The number of morpholine rings is 1. The van der Waals surface area contributed by atoms with Crippen LogP contribution in [0.25, 0.3) is 0 Å². The van der Waals surface area contributed by atoms with E-state index < -0.39 is 0 Å². The Kier molecular flexibility index (Phi) is 5.32. The number of fused-ring (bicyclic) bond motifs is 1. The lowest BCUT2D eigenvalue weighted by Crippen LogP contribution is -2.61. The Morgan fingerprint density at radius 1 is 1.50 bits per heavy atom. The molecule has 0 aromatic heterocycles. The van der Waals surface area contributed by atoms with Crippen molar-refractivity contribution in [1.29, 1.82) is 0 Å². The summed E-state index contributed by atoms with van der Waals surface area (Å²) in [6, 6.07) is 7.09. The number of likely N-dealkylation sites (tertiary alicyclic amines) is 1. The molecule has 2 atom stereocenters. The summed E-state index contributed by atoms with van der Waals surface area (Å²) in [4.78, 5) is 26.0. The highest BCUT2D eigenvalue weighted by Crippen LogP contribution is 2.21. The number of amides is 2. The van der Waals surface area contributed by atoms with Crippen LogP contribution in [-0.4, -0.2) is 68.8 Å². The van der Waals surface area contributed by atoms with E-state index >= 15 is 0 Å². The second kappa shape index (κ2) is 7.63. The third-order valence-electron chi connectivity index (χ3n) is 4.31. The number of rotatable bonds is 5. The predicted molar refractivity (Wildman–Crippen MR) is 88.1 cm³/mol. The van der Waals surface area contributed by atoms with E-state index in [1.165, 1.54) is 0 Å². The molecule has 7 heteroatoms. The van der Waals surface area contributed by atoms with Crippen LogP contribution in [0.2, 0.25) is 0 Å². The zero-order valence-corrected chi connectivity index (χ0v) is 13.8. The van der Waals surface area contributed by atoms with Gasteiger partial charge in [0.2, 0.25) is 5.91 Å². The smallest absolute Gasteiger partial charge is 0.254 e. The number of hydrogen-bond donors (Lipinski definition) is 2. The molecule has 2 heterocycles. The van der Waals surface area contributed by atoms with Gasteiger partial charge in [0.05, 0.1) is 12.1 Å². The maximum atomic E-state index is 12.7. The Morgan fingerprint density at radius 3 is 3.21 bits per heavy atom. The Balaban J connectivity index is 1.63. The van der Waals surface area contributed by atoms with E-state index in [0.29, 0.717) is 31.0 Å². The second-order valence-corrected chi connectivity index (χ2v) is 6.04. The van der Waals surface area contributed by atoms with E-state index in [2.05, 4.69) is 10.6 Å². The van der Waals surface area contributed by atoms with Crippen molar-refractivity contribution in [2.45, 2.75) is 18.6 Å². The highest BCUT2D eigenvalue weighted by Gasteiger charge is 2.36. The van der Waals surface area contributed by atoms with Crippen LogP contribution in [0.1, 0.15) is 16.8 Å². The van der Waals surface area contributed by atoms with E-state index in [4.69, 9.17) is 9.47 Å². The van der Waals surface area contributed by atoms with Crippen LogP contribution in [0.5, 0.6) is 5.75 Å². The van der Waals surface area contributed by atoms with Crippen molar-refractivity contribution in [2.75, 3.05) is 39.9 Å². The predicted octanol–water partition coefficient (Wildman–Crippen LogP) is 0.0143. The number of nitrogens with zero attached hydrogens (tertiary/aromatic N) is 1. The number of carbonyl (C=O) groups excluding carboxylic acids is 2. The summed E-state index contributed by atoms with van der Waals surface area (Å²) in [6.07, 6.45) is 0.734. The molecule has 0 radical (unpaired) electrons. The van der Waals surface area contributed by atoms with Gasteiger partial charge in [-0.15, -0.1) is 0 Å². The van der Waals surface area contributed by atoms with Gasteiger partial charge >= 0.3 is 0 Å². The highest BCUT2D eigenvalue weighted by atomic mass is 16.5. The zero-order valence-electron chi connectivity index (χ0n) is 13.8. The quantitative estimate of drug-likeness (QED) is 0.743. The van der Waals surface area contributed by atoms with Crippen molar-refractivity contribution in [3.05, 3.63) is 29.8 Å². The molecule has 0 saturated carbocycles. The first-order valence-electron chi connectivity index (χ1n) is 8.25. The SMILES string of the molecule is CNCCOc1cccc(C(=O)N2CC[C@H]3OCC(=O)N[C@H]3C2)c1. The number of hydrogen-bond acceptors (Lipinski definition) is 5. The average Bonchev–Trinajstić information content (AvgIpc) is 2.61. The van der Waals surface area contributed by atoms with Gasteiger partial charge in [0.1, 0.15) is 19.0 Å². The molecule has 2 saturated heterocycles. The van der Waals surface area contributed by atoms with E-state index in [1.54, 1.807) is 17.0 Å². The lowest BCUT2D eigenvalue weighted by molar-refractivity contribution is -0.139. The number of piperidine rings is 1. The fourth-order valence-electron chi connectivity index (χ4n) is 3.06. The molecule has 2 aliphatic heterocycles. The molecule has 1 aromatic carbocycles. The molecule has 24 heavy (non-hydrogen) atoms. The maximum absolute atomic E-state index is 12.7. The standard InChI is InChI=1S/C17H23N3O4/c1-18-6-8-23-13-4-2-3-12(9-13)17(22)20-7-5-15-14(10-20)19-16(21)11-24-15/h2-4,9,14-15,18H,5-8,10-11H2,1H3,(H,19,21)/t14-,15+/m0/s1. The van der Waals surface area contributed by atoms with Crippen LogP contribution < -0.4 is 15.4 Å². The third kappa shape index (κ3) is 3.85. The van der Waals surface area contributed by atoms with Crippen molar-refractivity contribution in [2.24, 2.45) is 0 Å². The van der Waals surface area contributed by atoms with Gasteiger partial charge in [-0.1, -0.05) is 6.07 Å². The van der Waals surface area contributed by atoms with Crippen molar-refractivity contribution >= 4 is 11.8 Å². The summed E-state index contributed by atoms with van der Waals surface area (Å²) in [5.74, 6) is 0.512. The Bertz CT molecular complexity index is 607. The summed E-state index contributed by atoms with van der Waals surface area (Å²) < 4.78 is 11.1. The molecule has 2 fully saturated rings. The van der Waals surface area contributed by atoms with Crippen molar-refractivity contribution in [3.63, 3.8) is 0 Å².